The standard InChI is InChI=1S/C11H11BrFNO/c1-11(8-5-10(8)15-14-11)7-4-6(12)2-3-9(7)13/h2-4,8,10,14H,5H2,1H3/t8-,10?,11+/m1/s1. The molecule has 0 amide bonds. The molecule has 3 atom stereocenters. The van der Waals surface area contributed by atoms with Crippen molar-refractivity contribution < 1.29 is 9.23 Å². The van der Waals surface area contributed by atoms with Gasteiger partial charge >= 0.3 is 0 Å². The van der Waals surface area contributed by atoms with Crippen molar-refractivity contribution in [3.05, 3.63) is 34.1 Å². The molecular formula is C11H11BrFNO. The molecule has 1 aliphatic heterocycles. The fraction of sp³-hybridized carbons (Fsp3) is 0.455. The van der Waals surface area contributed by atoms with Gasteiger partial charge in [-0.05, 0) is 31.5 Å². The lowest BCUT2D eigenvalue weighted by Gasteiger charge is -2.26. The molecule has 0 spiro atoms. The SMILES string of the molecule is C[C@@]1(c2cc(Br)ccc2F)NOC2C[C@H]21. The topological polar surface area (TPSA) is 21.3 Å². The van der Waals surface area contributed by atoms with Crippen molar-refractivity contribution in [1.29, 1.82) is 0 Å². The Kier molecular flexibility index (Phi) is 1.97. The molecule has 1 aliphatic carbocycles. The zero-order valence-electron chi connectivity index (χ0n) is 8.26. The quantitative estimate of drug-likeness (QED) is 0.848. The maximum atomic E-state index is 13.7. The number of hydrogen-bond acceptors (Lipinski definition) is 2. The van der Waals surface area contributed by atoms with Gasteiger partial charge in [0, 0.05) is 16.0 Å². The van der Waals surface area contributed by atoms with Crippen LogP contribution in [0.1, 0.15) is 18.9 Å². The summed E-state index contributed by atoms with van der Waals surface area (Å²) in [6.45, 7) is 2.00. The van der Waals surface area contributed by atoms with Crippen LogP contribution in [0.3, 0.4) is 0 Å². The van der Waals surface area contributed by atoms with E-state index in [-0.39, 0.29) is 17.5 Å². The van der Waals surface area contributed by atoms with E-state index in [9.17, 15) is 4.39 Å². The van der Waals surface area contributed by atoms with E-state index < -0.39 is 0 Å². The molecule has 1 saturated carbocycles. The predicted octanol–water partition coefficient (Wildman–Crippen LogP) is 2.73. The monoisotopic (exact) mass is 271 g/mol. The minimum Gasteiger partial charge on any atom is -0.297 e. The molecule has 1 saturated heterocycles. The van der Waals surface area contributed by atoms with E-state index in [0.717, 1.165) is 10.9 Å². The first-order valence-electron chi connectivity index (χ1n) is 4.99. The minimum absolute atomic E-state index is 0.177. The number of halogens is 2. The van der Waals surface area contributed by atoms with Gasteiger partial charge in [0.1, 0.15) is 5.82 Å². The molecular weight excluding hydrogens is 261 g/mol. The summed E-state index contributed by atoms with van der Waals surface area (Å²) in [7, 11) is 0. The van der Waals surface area contributed by atoms with Crippen molar-refractivity contribution >= 4 is 15.9 Å². The molecule has 2 aliphatic rings. The van der Waals surface area contributed by atoms with E-state index in [1.807, 2.05) is 13.0 Å². The van der Waals surface area contributed by atoms with Gasteiger partial charge in [-0.3, -0.25) is 4.84 Å². The van der Waals surface area contributed by atoms with Crippen LogP contribution in [0.15, 0.2) is 22.7 Å². The molecule has 0 aromatic heterocycles. The predicted molar refractivity (Wildman–Crippen MR) is 57.6 cm³/mol. The Morgan fingerprint density at radius 3 is 3.00 bits per heavy atom. The molecule has 80 valence electrons. The highest BCUT2D eigenvalue weighted by Gasteiger charge is 2.59. The lowest BCUT2D eigenvalue weighted by atomic mass is 9.88. The summed E-state index contributed by atoms with van der Waals surface area (Å²) in [5.74, 6) is 0.227. The van der Waals surface area contributed by atoms with Gasteiger partial charge in [0.05, 0.1) is 11.6 Å². The summed E-state index contributed by atoms with van der Waals surface area (Å²) in [5, 5.41) is 0. The number of benzene rings is 1. The van der Waals surface area contributed by atoms with Crippen molar-refractivity contribution in [1.82, 2.24) is 5.48 Å². The van der Waals surface area contributed by atoms with Crippen molar-refractivity contribution in [2.24, 2.45) is 5.92 Å². The van der Waals surface area contributed by atoms with Crippen LogP contribution in [0.2, 0.25) is 0 Å². The molecule has 1 heterocycles. The van der Waals surface area contributed by atoms with Crippen LogP contribution in [0.5, 0.6) is 0 Å². The lowest BCUT2D eigenvalue weighted by molar-refractivity contribution is 0.0212. The first kappa shape index (κ1) is 9.75. The van der Waals surface area contributed by atoms with Crippen molar-refractivity contribution in [3.63, 3.8) is 0 Å². The average Bonchev–Trinajstić information content (AvgIpc) is 2.92. The zero-order valence-corrected chi connectivity index (χ0v) is 9.84. The van der Waals surface area contributed by atoms with Crippen LogP contribution in [-0.2, 0) is 10.4 Å². The average molecular weight is 272 g/mol. The molecule has 1 aromatic carbocycles. The molecule has 0 radical (unpaired) electrons. The summed E-state index contributed by atoms with van der Waals surface area (Å²) in [4.78, 5) is 5.36. The molecule has 0 bridgehead atoms. The zero-order chi connectivity index (χ0) is 10.6. The normalized spacial score (nSPS) is 37.8. The molecule has 1 unspecified atom stereocenters. The van der Waals surface area contributed by atoms with Crippen LogP contribution in [0, 0.1) is 11.7 Å². The van der Waals surface area contributed by atoms with Gasteiger partial charge in [-0.25, -0.2) is 4.39 Å². The number of fused-ring (bicyclic) bond motifs is 1. The van der Waals surface area contributed by atoms with E-state index in [2.05, 4.69) is 21.4 Å². The number of hydroxylamine groups is 1. The Hall–Kier alpha value is -0.450. The van der Waals surface area contributed by atoms with Gasteiger partial charge in [-0.15, -0.1) is 0 Å². The Balaban J connectivity index is 2.08. The Morgan fingerprint density at radius 2 is 2.40 bits per heavy atom. The molecule has 1 N–H and O–H groups in total. The highest BCUT2D eigenvalue weighted by Crippen LogP contribution is 2.52. The lowest BCUT2D eigenvalue weighted by Crippen LogP contribution is -2.37. The third kappa shape index (κ3) is 1.35. The second-order valence-electron chi connectivity index (χ2n) is 4.43. The van der Waals surface area contributed by atoms with E-state index in [0.29, 0.717) is 11.5 Å². The van der Waals surface area contributed by atoms with Crippen LogP contribution >= 0.6 is 15.9 Å². The number of rotatable bonds is 1. The molecule has 3 rings (SSSR count). The van der Waals surface area contributed by atoms with Crippen LogP contribution < -0.4 is 5.48 Å². The fourth-order valence-electron chi connectivity index (χ4n) is 2.33. The molecule has 2 nitrogen and oxygen atoms in total. The summed E-state index contributed by atoms with van der Waals surface area (Å²) in [6, 6.07) is 5.02. The maximum absolute atomic E-state index is 13.7. The second-order valence-corrected chi connectivity index (χ2v) is 5.34. The number of nitrogens with one attached hydrogen (secondary N) is 1. The largest absolute Gasteiger partial charge is 0.297 e. The Bertz CT molecular complexity index is 425. The van der Waals surface area contributed by atoms with Crippen molar-refractivity contribution in [2.75, 3.05) is 0 Å². The van der Waals surface area contributed by atoms with Gasteiger partial charge in [0.25, 0.3) is 0 Å². The maximum Gasteiger partial charge on any atom is 0.128 e. The highest BCUT2D eigenvalue weighted by atomic mass is 79.9. The number of hydrogen-bond donors (Lipinski definition) is 1. The molecule has 2 fully saturated rings. The van der Waals surface area contributed by atoms with E-state index in [1.54, 1.807) is 6.07 Å². The van der Waals surface area contributed by atoms with Gasteiger partial charge in [0.15, 0.2) is 0 Å². The Labute approximate surface area is 95.9 Å². The summed E-state index contributed by atoms with van der Waals surface area (Å²) in [5.41, 5.74) is 3.26. The van der Waals surface area contributed by atoms with Crippen LogP contribution in [0.4, 0.5) is 4.39 Å². The second kappa shape index (κ2) is 3.03. The summed E-state index contributed by atoms with van der Waals surface area (Å²) in [6.07, 6.45) is 1.29. The third-order valence-corrected chi connectivity index (χ3v) is 3.88. The summed E-state index contributed by atoms with van der Waals surface area (Å²) < 4.78 is 14.6. The molecule has 1 aromatic rings. The Morgan fingerprint density at radius 1 is 1.60 bits per heavy atom. The van der Waals surface area contributed by atoms with Gasteiger partial charge in [-0.1, -0.05) is 15.9 Å². The first-order valence-corrected chi connectivity index (χ1v) is 5.79. The van der Waals surface area contributed by atoms with Crippen molar-refractivity contribution in [2.45, 2.75) is 25.0 Å². The van der Waals surface area contributed by atoms with Crippen LogP contribution in [-0.4, -0.2) is 6.10 Å². The van der Waals surface area contributed by atoms with E-state index in [1.165, 1.54) is 6.07 Å². The first-order chi connectivity index (χ1) is 7.11. The van der Waals surface area contributed by atoms with Crippen molar-refractivity contribution in [3.8, 4) is 0 Å². The third-order valence-electron chi connectivity index (χ3n) is 3.38. The highest BCUT2D eigenvalue weighted by molar-refractivity contribution is 9.10. The molecule has 15 heavy (non-hydrogen) atoms. The van der Waals surface area contributed by atoms with E-state index in [4.69, 9.17) is 4.84 Å². The van der Waals surface area contributed by atoms with Gasteiger partial charge in [-0.2, -0.15) is 5.48 Å². The van der Waals surface area contributed by atoms with Crippen LogP contribution in [0.25, 0.3) is 0 Å². The molecule has 4 heteroatoms. The minimum atomic E-state index is -0.376. The fourth-order valence-corrected chi connectivity index (χ4v) is 2.69. The van der Waals surface area contributed by atoms with Gasteiger partial charge < -0.3 is 0 Å². The van der Waals surface area contributed by atoms with Gasteiger partial charge in [0.2, 0.25) is 0 Å². The smallest absolute Gasteiger partial charge is 0.128 e. The van der Waals surface area contributed by atoms with E-state index >= 15 is 0 Å². The summed E-state index contributed by atoms with van der Waals surface area (Å²) >= 11 is 3.37.